The third-order valence-corrected chi connectivity index (χ3v) is 0. The van der Waals surface area contributed by atoms with Gasteiger partial charge in [0, 0.05) is 107 Å². The summed E-state index contributed by atoms with van der Waals surface area (Å²) in [4.78, 5) is 0. The van der Waals surface area contributed by atoms with Crippen LogP contribution in [0.3, 0.4) is 0 Å². The Labute approximate surface area is 105 Å². The van der Waals surface area contributed by atoms with Crippen molar-refractivity contribution >= 4 is 0 Å². The van der Waals surface area contributed by atoms with Gasteiger partial charge >= 0.3 is 0 Å². The second kappa shape index (κ2) is 40.5. The maximum atomic E-state index is 0. The van der Waals surface area contributed by atoms with E-state index in [2.05, 4.69) is 0 Å². The Morgan fingerprint density at radius 3 is 0.333 bits per heavy atom. The second-order valence-electron chi connectivity index (χ2n) is 0. The van der Waals surface area contributed by atoms with Crippen LogP contribution in [0.2, 0.25) is 0 Å². The maximum Gasteiger partial charge on any atom is 0 e. The van der Waals surface area contributed by atoms with Gasteiger partial charge in [-0.15, -0.1) is 0 Å². The standard InChI is InChI=1S/5Fe.Ti. The molecule has 6 heteroatoms. The van der Waals surface area contributed by atoms with E-state index in [4.69, 9.17) is 0 Å². The van der Waals surface area contributed by atoms with E-state index in [9.17, 15) is 0 Å². The van der Waals surface area contributed by atoms with Gasteiger partial charge in [-0.3, -0.25) is 0 Å². The third-order valence-electron chi connectivity index (χ3n) is 0. The number of hydrogen-bond donors (Lipinski definition) is 0. The Kier molecular flexibility index (Phi) is 396. The summed E-state index contributed by atoms with van der Waals surface area (Å²) in [7, 11) is 0. The average molecular weight is 327 g/mol. The zero-order valence-electron chi connectivity index (χ0n) is 2.27. The van der Waals surface area contributed by atoms with Gasteiger partial charge in [0.25, 0.3) is 0 Å². The molecule has 0 rings (SSSR count). The van der Waals surface area contributed by atoms with Crippen LogP contribution in [-0.4, -0.2) is 0 Å². The summed E-state index contributed by atoms with van der Waals surface area (Å²) in [5.41, 5.74) is 0. The van der Waals surface area contributed by atoms with Crippen LogP contribution in [-0.2, 0) is 107 Å². The molecule has 0 radical (unpaired) electrons. The monoisotopic (exact) mass is 328 g/mol. The van der Waals surface area contributed by atoms with Crippen molar-refractivity contribution in [3.05, 3.63) is 0 Å². The van der Waals surface area contributed by atoms with Crippen molar-refractivity contribution in [1.29, 1.82) is 0 Å². The number of hydrogen-bond acceptors (Lipinski definition) is 0. The minimum atomic E-state index is 0. The summed E-state index contributed by atoms with van der Waals surface area (Å²) < 4.78 is 0. The molecule has 0 fully saturated rings. The molecule has 0 spiro atoms. The van der Waals surface area contributed by atoms with Crippen molar-refractivity contribution in [1.82, 2.24) is 0 Å². The normalized spacial score (nSPS) is 0. The SMILES string of the molecule is [Fe].[Fe].[Fe].[Fe].[Fe].[Ti]. The minimum absolute atomic E-state index is 0. The summed E-state index contributed by atoms with van der Waals surface area (Å²) in [6, 6.07) is 0. The molecule has 0 aromatic heterocycles. The van der Waals surface area contributed by atoms with E-state index in [0.717, 1.165) is 0 Å². The van der Waals surface area contributed by atoms with Crippen molar-refractivity contribution in [3.63, 3.8) is 0 Å². The first-order chi connectivity index (χ1) is 0. The second-order valence-corrected chi connectivity index (χ2v) is 0. The van der Waals surface area contributed by atoms with E-state index < -0.39 is 0 Å². The van der Waals surface area contributed by atoms with E-state index in [0.29, 0.717) is 0 Å². The Morgan fingerprint density at radius 2 is 0.333 bits per heavy atom. The van der Waals surface area contributed by atoms with E-state index >= 15 is 0 Å². The van der Waals surface area contributed by atoms with E-state index in [1.807, 2.05) is 0 Å². The van der Waals surface area contributed by atoms with Crippen LogP contribution in [0.1, 0.15) is 0 Å². The van der Waals surface area contributed by atoms with E-state index in [1.54, 1.807) is 0 Å². The molecule has 6 heavy (non-hydrogen) atoms. The van der Waals surface area contributed by atoms with Crippen LogP contribution in [0.15, 0.2) is 0 Å². The van der Waals surface area contributed by atoms with E-state index in [-0.39, 0.29) is 107 Å². The van der Waals surface area contributed by atoms with Crippen molar-refractivity contribution in [3.8, 4) is 0 Å². The van der Waals surface area contributed by atoms with Crippen LogP contribution in [0.4, 0.5) is 0 Å². The van der Waals surface area contributed by atoms with Gasteiger partial charge in [-0.25, -0.2) is 0 Å². The van der Waals surface area contributed by atoms with Crippen LogP contribution in [0.25, 0.3) is 0 Å². The molecule has 0 saturated heterocycles. The molecule has 0 aliphatic carbocycles. The van der Waals surface area contributed by atoms with Crippen molar-refractivity contribution in [2.24, 2.45) is 0 Å². The Morgan fingerprint density at radius 1 is 0.333 bits per heavy atom. The largest absolute Gasteiger partial charge is 0 e. The Bertz CT molecular complexity index is 3.90. The molecule has 0 aliphatic heterocycles. The maximum absolute atomic E-state index is 0. The summed E-state index contributed by atoms with van der Waals surface area (Å²) >= 11 is 0. The summed E-state index contributed by atoms with van der Waals surface area (Å²) in [5, 5.41) is 0. The van der Waals surface area contributed by atoms with Gasteiger partial charge in [0.1, 0.15) is 0 Å². The van der Waals surface area contributed by atoms with Gasteiger partial charge in [0.05, 0.1) is 0 Å². The third kappa shape index (κ3) is 26.6. The van der Waals surface area contributed by atoms with Gasteiger partial charge in [-0.1, -0.05) is 0 Å². The zero-order valence-corrected chi connectivity index (χ0v) is 9.35. The van der Waals surface area contributed by atoms with Gasteiger partial charge < -0.3 is 0 Å². The molecule has 0 N–H and O–H groups in total. The Balaban J connectivity index is 0. The molecule has 0 aliphatic rings. The minimum Gasteiger partial charge on any atom is 0 e. The zero-order chi connectivity index (χ0) is 0. The fraction of sp³-hybridized carbons (Fsp3) is 0. The molecule has 0 aromatic rings. The molecule has 0 heterocycles. The van der Waals surface area contributed by atoms with Crippen LogP contribution < -0.4 is 0 Å². The molecular weight excluding hydrogens is 327 g/mol. The van der Waals surface area contributed by atoms with Gasteiger partial charge in [0.2, 0.25) is 0 Å². The molecule has 0 amide bonds. The first-order valence-corrected chi connectivity index (χ1v) is 0. The quantitative estimate of drug-likeness (QED) is 0.549. The fourth-order valence-corrected chi connectivity index (χ4v) is 0. The molecule has 0 atom stereocenters. The predicted molar refractivity (Wildman–Crippen MR) is 0 cm³/mol. The van der Waals surface area contributed by atoms with E-state index in [1.165, 1.54) is 0 Å². The molecule has 0 bridgehead atoms. The first kappa shape index (κ1) is 58.7. The van der Waals surface area contributed by atoms with Crippen molar-refractivity contribution in [2.75, 3.05) is 0 Å². The topological polar surface area (TPSA) is 0 Å². The first-order valence-electron chi connectivity index (χ1n) is 0. The molecule has 0 unspecified atom stereocenters. The fourth-order valence-electron chi connectivity index (χ4n) is 0. The van der Waals surface area contributed by atoms with Crippen LogP contribution in [0.5, 0.6) is 0 Å². The van der Waals surface area contributed by atoms with Gasteiger partial charge in [-0.05, 0) is 0 Å². The van der Waals surface area contributed by atoms with Gasteiger partial charge in [-0.2, -0.15) is 0 Å². The molecular formula is Fe5Ti. The number of rotatable bonds is 0. The Hall–Kier alpha value is 3.31. The van der Waals surface area contributed by atoms with Crippen molar-refractivity contribution < 1.29 is 107 Å². The summed E-state index contributed by atoms with van der Waals surface area (Å²) in [5.74, 6) is 0. The summed E-state index contributed by atoms with van der Waals surface area (Å²) in [6.45, 7) is 0. The summed E-state index contributed by atoms with van der Waals surface area (Å²) in [6.07, 6.45) is 0. The molecule has 0 aromatic carbocycles. The van der Waals surface area contributed by atoms with Crippen molar-refractivity contribution in [2.45, 2.75) is 0 Å². The molecule has 44 valence electrons. The van der Waals surface area contributed by atoms with Crippen LogP contribution >= 0.6 is 0 Å². The van der Waals surface area contributed by atoms with Crippen LogP contribution in [0, 0.1) is 0 Å². The molecule has 0 nitrogen and oxygen atoms in total. The molecule has 0 saturated carbocycles. The van der Waals surface area contributed by atoms with Gasteiger partial charge in [0.15, 0.2) is 0 Å². The smallest absolute Gasteiger partial charge is 0 e. The average Bonchev–Trinajstić information content (AvgIpc) is 0. The predicted octanol–water partition coefficient (Wildman–Crippen LogP) is -0.0150.